The highest BCUT2D eigenvalue weighted by molar-refractivity contribution is 7.98. The molecule has 26 heavy (non-hydrogen) atoms. The van der Waals surface area contributed by atoms with E-state index >= 15 is 0 Å². The summed E-state index contributed by atoms with van der Waals surface area (Å²) in [5.41, 5.74) is 0. The van der Waals surface area contributed by atoms with Gasteiger partial charge in [0.15, 0.2) is 4.77 Å². The molecule has 2 aromatic heterocycles. The summed E-state index contributed by atoms with van der Waals surface area (Å²) in [4.78, 5) is 6.99. The number of rotatable bonds is 10. The second-order valence-corrected chi connectivity index (χ2v) is 8.26. The van der Waals surface area contributed by atoms with Gasteiger partial charge in [-0.25, -0.2) is 4.98 Å². The molecule has 0 amide bonds. The van der Waals surface area contributed by atoms with Crippen molar-refractivity contribution in [1.82, 2.24) is 15.3 Å². The first-order chi connectivity index (χ1) is 12.8. The van der Waals surface area contributed by atoms with Gasteiger partial charge >= 0.3 is 0 Å². The first-order valence-corrected chi connectivity index (χ1v) is 11.0. The van der Waals surface area contributed by atoms with E-state index in [1.807, 2.05) is 17.8 Å². The molecule has 0 spiro atoms. The highest BCUT2D eigenvalue weighted by Crippen LogP contribution is 2.23. The highest BCUT2D eigenvalue weighted by Gasteiger charge is 2.12. The van der Waals surface area contributed by atoms with Gasteiger partial charge < -0.3 is 20.0 Å². The predicted octanol–water partition coefficient (Wildman–Crippen LogP) is 4.75. The number of aromatic amines is 1. The Morgan fingerprint density at radius 1 is 1.19 bits per heavy atom. The SMILES string of the molecule is S=c1nccc(NCCSCc2ccc(CNCC3CCCCC3)o2)[nH]1. The molecule has 0 unspecified atom stereocenters. The lowest BCUT2D eigenvalue weighted by Crippen LogP contribution is -2.23. The molecule has 3 N–H and O–H groups in total. The van der Waals surface area contributed by atoms with Crippen molar-refractivity contribution in [2.75, 3.05) is 24.2 Å². The Balaban J connectivity index is 1.28. The molecule has 0 bridgehead atoms. The van der Waals surface area contributed by atoms with Gasteiger partial charge in [0.05, 0.1) is 12.3 Å². The molecule has 0 saturated heterocycles. The highest BCUT2D eigenvalue weighted by atomic mass is 32.2. The van der Waals surface area contributed by atoms with Crippen LogP contribution >= 0.6 is 24.0 Å². The normalized spacial score (nSPS) is 15.2. The van der Waals surface area contributed by atoms with Gasteiger partial charge in [0.2, 0.25) is 0 Å². The van der Waals surface area contributed by atoms with E-state index in [0.29, 0.717) is 4.77 Å². The van der Waals surface area contributed by atoms with Gasteiger partial charge in [-0.3, -0.25) is 0 Å². The fourth-order valence-electron chi connectivity index (χ4n) is 3.29. The summed E-state index contributed by atoms with van der Waals surface area (Å²) >= 11 is 6.86. The van der Waals surface area contributed by atoms with Gasteiger partial charge in [0, 0.05) is 18.5 Å². The third-order valence-electron chi connectivity index (χ3n) is 4.66. The molecule has 0 aliphatic heterocycles. The lowest BCUT2D eigenvalue weighted by Gasteiger charge is -2.21. The maximum atomic E-state index is 5.92. The van der Waals surface area contributed by atoms with E-state index in [0.717, 1.165) is 54.4 Å². The van der Waals surface area contributed by atoms with Crippen molar-refractivity contribution in [3.8, 4) is 0 Å². The molecule has 7 heteroatoms. The van der Waals surface area contributed by atoms with Gasteiger partial charge in [0.25, 0.3) is 0 Å². The van der Waals surface area contributed by atoms with Gasteiger partial charge in [-0.2, -0.15) is 11.8 Å². The zero-order valence-electron chi connectivity index (χ0n) is 15.1. The topological polar surface area (TPSA) is 65.9 Å². The van der Waals surface area contributed by atoms with Crippen LogP contribution in [0.2, 0.25) is 0 Å². The number of anilines is 1. The largest absolute Gasteiger partial charge is 0.464 e. The minimum Gasteiger partial charge on any atom is -0.464 e. The number of hydrogen-bond acceptors (Lipinski definition) is 6. The van der Waals surface area contributed by atoms with E-state index in [1.54, 1.807) is 6.20 Å². The molecule has 2 heterocycles. The third kappa shape index (κ3) is 6.78. The van der Waals surface area contributed by atoms with Crippen molar-refractivity contribution in [2.45, 2.75) is 44.4 Å². The molecule has 1 saturated carbocycles. The first kappa shape index (κ1) is 19.5. The number of H-pyrrole nitrogens is 1. The summed E-state index contributed by atoms with van der Waals surface area (Å²) < 4.78 is 6.42. The van der Waals surface area contributed by atoms with Gasteiger partial charge in [-0.15, -0.1) is 0 Å². The Morgan fingerprint density at radius 3 is 2.88 bits per heavy atom. The van der Waals surface area contributed by atoms with Crippen LogP contribution in [-0.4, -0.2) is 28.8 Å². The second kappa shape index (κ2) is 10.7. The third-order valence-corrected chi connectivity index (χ3v) is 5.84. The molecule has 3 rings (SSSR count). The van der Waals surface area contributed by atoms with Crippen molar-refractivity contribution in [3.05, 3.63) is 40.7 Å². The maximum absolute atomic E-state index is 5.92. The van der Waals surface area contributed by atoms with Crippen molar-refractivity contribution >= 4 is 29.8 Å². The van der Waals surface area contributed by atoms with Crippen molar-refractivity contribution in [3.63, 3.8) is 0 Å². The van der Waals surface area contributed by atoms with Crippen LogP contribution in [0, 0.1) is 10.7 Å². The van der Waals surface area contributed by atoms with E-state index in [-0.39, 0.29) is 0 Å². The number of aromatic nitrogens is 2. The number of furan rings is 1. The lowest BCUT2D eigenvalue weighted by atomic mass is 9.89. The summed E-state index contributed by atoms with van der Waals surface area (Å²) in [6.45, 7) is 2.83. The van der Waals surface area contributed by atoms with Crippen LogP contribution in [0.5, 0.6) is 0 Å². The zero-order chi connectivity index (χ0) is 18.0. The Kier molecular flexibility index (Phi) is 8.04. The Bertz CT molecular complexity index is 709. The van der Waals surface area contributed by atoms with Crippen LogP contribution in [-0.2, 0) is 12.3 Å². The van der Waals surface area contributed by atoms with Gasteiger partial charge in [0.1, 0.15) is 17.3 Å². The fourth-order valence-corrected chi connectivity index (χ4v) is 4.21. The molecular formula is C19H28N4OS2. The van der Waals surface area contributed by atoms with Crippen LogP contribution in [0.15, 0.2) is 28.8 Å². The van der Waals surface area contributed by atoms with Crippen LogP contribution in [0.25, 0.3) is 0 Å². The average Bonchev–Trinajstić information content (AvgIpc) is 3.10. The maximum Gasteiger partial charge on any atom is 0.198 e. The van der Waals surface area contributed by atoms with Crippen LogP contribution < -0.4 is 10.6 Å². The Hall–Kier alpha value is -1.31. The average molecular weight is 393 g/mol. The minimum atomic E-state index is 0.503. The summed E-state index contributed by atoms with van der Waals surface area (Å²) in [5, 5.41) is 6.87. The van der Waals surface area contributed by atoms with E-state index < -0.39 is 0 Å². The van der Waals surface area contributed by atoms with Crippen molar-refractivity contribution in [1.29, 1.82) is 0 Å². The van der Waals surface area contributed by atoms with Crippen LogP contribution in [0.1, 0.15) is 43.6 Å². The number of thioether (sulfide) groups is 1. The summed E-state index contributed by atoms with van der Waals surface area (Å²) in [7, 11) is 0. The van der Waals surface area contributed by atoms with E-state index in [2.05, 4.69) is 32.7 Å². The summed E-state index contributed by atoms with van der Waals surface area (Å²) in [6, 6.07) is 6.08. The second-order valence-electron chi connectivity index (χ2n) is 6.77. The summed E-state index contributed by atoms with van der Waals surface area (Å²) in [5.74, 6) is 5.76. The van der Waals surface area contributed by atoms with Crippen LogP contribution in [0.3, 0.4) is 0 Å². The molecule has 0 aromatic carbocycles. The van der Waals surface area contributed by atoms with E-state index in [1.165, 1.54) is 32.1 Å². The Labute approximate surface area is 164 Å². The Morgan fingerprint density at radius 2 is 2.04 bits per heavy atom. The fraction of sp³-hybridized carbons (Fsp3) is 0.579. The van der Waals surface area contributed by atoms with Crippen LogP contribution in [0.4, 0.5) is 5.82 Å². The number of nitrogens with one attached hydrogen (secondary N) is 3. The molecule has 5 nitrogen and oxygen atoms in total. The molecule has 1 aliphatic carbocycles. The summed E-state index contributed by atoms with van der Waals surface area (Å²) in [6.07, 6.45) is 8.69. The monoisotopic (exact) mass is 392 g/mol. The molecular weight excluding hydrogens is 364 g/mol. The van der Waals surface area contributed by atoms with Gasteiger partial charge in [-0.1, -0.05) is 19.3 Å². The standard InChI is InChI=1S/C19H28N4OS2/c25-19-22-9-8-18(23-19)21-10-11-26-14-17-7-6-16(24-17)13-20-12-15-4-2-1-3-5-15/h6-9,15,20H,1-5,10-14H2,(H2,21,22,23,25). The number of hydrogen-bond donors (Lipinski definition) is 3. The molecule has 0 radical (unpaired) electrons. The predicted molar refractivity (Wildman–Crippen MR) is 111 cm³/mol. The zero-order valence-corrected chi connectivity index (χ0v) is 16.8. The molecule has 2 aromatic rings. The molecule has 0 atom stereocenters. The first-order valence-electron chi connectivity index (χ1n) is 9.45. The van der Waals surface area contributed by atoms with E-state index in [4.69, 9.17) is 16.6 Å². The minimum absolute atomic E-state index is 0.503. The smallest absolute Gasteiger partial charge is 0.198 e. The van der Waals surface area contributed by atoms with Gasteiger partial charge in [-0.05, 0) is 55.7 Å². The van der Waals surface area contributed by atoms with Crippen molar-refractivity contribution < 1.29 is 4.42 Å². The quantitative estimate of drug-likeness (QED) is 0.401. The van der Waals surface area contributed by atoms with Crippen molar-refractivity contribution in [2.24, 2.45) is 5.92 Å². The molecule has 142 valence electrons. The lowest BCUT2D eigenvalue weighted by molar-refractivity contribution is 0.335. The molecule has 1 fully saturated rings. The number of nitrogens with zero attached hydrogens (tertiary/aromatic N) is 1. The van der Waals surface area contributed by atoms with E-state index in [9.17, 15) is 0 Å². The molecule has 1 aliphatic rings.